The van der Waals surface area contributed by atoms with Crippen molar-refractivity contribution in [1.82, 2.24) is 24.3 Å². The van der Waals surface area contributed by atoms with Crippen LogP contribution in [0.15, 0.2) is 67.5 Å². The number of nitrogens with one attached hydrogen (secondary N) is 1. The Hall–Kier alpha value is -3.47. The Balaban J connectivity index is 1.71. The summed E-state index contributed by atoms with van der Waals surface area (Å²) < 4.78 is 2.02. The summed E-state index contributed by atoms with van der Waals surface area (Å²) in [6.45, 7) is 2.02. The van der Waals surface area contributed by atoms with Gasteiger partial charge in [-0.2, -0.15) is 0 Å². The van der Waals surface area contributed by atoms with E-state index in [-0.39, 0.29) is 0 Å². The Morgan fingerprint density at radius 3 is 2.84 bits per heavy atom. The van der Waals surface area contributed by atoms with E-state index in [1.807, 2.05) is 48.2 Å². The fourth-order valence-corrected chi connectivity index (χ4v) is 3.26. The monoisotopic (exact) mass is 325 g/mol. The molecule has 0 saturated carbocycles. The van der Waals surface area contributed by atoms with Gasteiger partial charge in [-0.3, -0.25) is 4.98 Å². The summed E-state index contributed by atoms with van der Waals surface area (Å²) in [7, 11) is 0. The highest BCUT2D eigenvalue weighted by Gasteiger charge is 2.11. The van der Waals surface area contributed by atoms with Gasteiger partial charge in [-0.15, -0.1) is 0 Å². The highest BCUT2D eigenvalue weighted by Crippen LogP contribution is 2.31. The second-order valence-corrected chi connectivity index (χ2v) is 6.07. The van der Waals surface area contributed by atoms with Crippen LogP contribution < -0.4 is 0 Å². The van der Waals surface area contributed by atoms with Crippen LogP contribution in [0.25, 0.3) is 38.9 Å². The van der Waals surface area contributed by atoms with Crippen molar-refractivity contribution in [3.05, 3.63) is 73.2 Å². The Morgan fingerprint density at radius 2 is 1.92 bits per heavy atom. The quantitative estimate of drug-likeness (QED) is 0.528. The molecule has 5 rings (SSSR count). The van der Waals surface area contributed by atoms with Gasteiger partial charge in [0.25, 0.3) is 0 Å². The number of imidazole rings is 1. The standard InChI is InChI=1S/C20H15N5/c1-13-16(3-2-6-21-13)15-9-17-18(11-24-20(17)23-10-15)14-4-5-19-22-7-8-25(19)12-14/h2-12H,1H3,(H,23,24). The average Bonchev–Trinajstić information content (AvgIpc) is 3.27. The molecular formula is C20H15N5. The minimum Gasteiger partial charge on any atom is -0.346 e. The SMILES string of the molecule is Cc1ncccc1-c1cnc2[nH]cc(-c3ccc4nccn4c3)c2c1. The predicted molar refractivity (Wildman–Crippen MR) is 98.2 cm³/mol. The van der Waals surface area contributed by atoms with Gasteiger partial charge in [0, 0.05) is 70.5 Å². The van der Waals surface area contributed by atoms with Crippen LogP contribution in [0.2, 0.25) is 0 Å². The summed E-state index contributed by atoms with van der Waals surface area (Å²) in [5.74, 6) is 0. The maximum atomic E-state index is 4.59. The third-order valence-corrected chi connectivity index (χ3v) is 4.55. The number of aromatic nitrogens is 5. The van der Waals surface area contributed by atoms with E-state index in [1.54, 1.807) is 6.20 Å². The molecule has 0 bridgehead atoms. The van der Waals surface area contributed by atoms with Crippen molar-refractivity contribution in [2.24, 2.45) is 0 Å². The second kappa shape index (κ2) is 5.27. The van der Waals surface area contributed by atoms with Crippen molar-refractivity contribution >= 4 is 16.7 Å². The largest absolute Gasteiger partial charge is 0.346 e. The minimum absolute atomic E-state index is 0.881. The number of fused-ring (bicyclic) bond motifs is 2. The first-order chi connectivity index (χ1) is 12.3. The van der Waals surface area contributed by atoms with Crippen LogP contribution in [0.1, 0.15) is 5.69 Å². The molecule has 5 aromatic rings. The fourth-order valence-electron chi connectivity index (χ4n) is 3.26. The van der Waals surface area contributed by atoms with E-state index in [0.717, 1.165) is 44.6 Å². The van der Waals surface area contributed by atoms with Gasteiger partial charge in [0.15, 0.2) is 0 Å². The zero-order valence-electron chi connectivity index (χ0n) is 13.6. The molecule has 0 atom stereocenters. The molecule has 0 aliphatic carbocycles. The molecule has 0 saturated heterocycles. The number of H-pyrrole nitrogens is 1. The fraction of sp³-hybridized carbons (Fsp3) is 0.0500. The lowest BCUT2D eigenvalue weighted by Crippen LogP contribution is -1.88. The Kier molecular flexibility index (Phi) is 2.94. The lowest BCUT2D eigenvalue weighted by Gasteiger charge is -2.06. The highest BCUT2D eigenvalue weighted by molar-refractivity contribution is 5.95. The van der Waals surface area contributed by atoms with E-state index in [1.165, 1.54) is 0 Å². The third kappa shape index (κ3) is 2.21. The number of aryl methyl sites for hydroxylation is 1. The maximum absolute atomic E-state index is 4.59. The molecule has 5 heterocycles. The first-order valence-corrected chi connectivity index (χ1v) is 8.12. The van der Waals surface area contributed by atoms with Crippen LogP contribution in [0.4, 0.5) is 0 Å². The Labute approximate surface area is 144 Å². The molecule has 0 amide bonds. The van der Waals surface area contributed by atoms with E-state index in [9.17, 15) is 0 Å². The normalized spacial score (nSPS) is 11.4. The molecule has 0 aliphatic rings. The second-order valence-electron chi connectivity index (χ2n) is 6.07. The Bertz CT molecular complexity index is 1220. The zero-order valence-corrected chi connectivity index (χ0v) is 13.6. The first kappa shape index (κ1) is 13.9. The third-order valence-electron chi connectivity index (χ3n) is 4.55. The molecule has 5 heteroatoms. The highest BCUT2D eigenvalue weighted by atomic mass is 15.0. The summed E-state index contributed by atoms with van der Waals surface area (Å²) in [5.41, 5.74) is 7.25. The van der Waals surface area contributed by atoms with E-state index < -0.39 is 0 Å². The summed E-state index contributed by atoms with van der Waals surface area (Å²) in [6, 6.07) is 10.3. The van der Waals surface area contributed by atoms with Crippen molar-refractivity contribution in [2.75, 3.05) is 0 Å². The maximum Gasteiger partial charge on any atom is 0.137 e. The summed E-state index contributed by atoms with van der Waals surface area (Å²) in [5, 5.41) is 1.10. The van der Waals surface area contributed by atoms with E-state index in [0.29, 0.717) is 0 Å². The van der Waals surface area contributed by atoms with Gasteiger partial charge in [-0.05, 0) is 31.2 Å². The van der Waals surface area contributed by atoms with Gasteiger partial charge in [0.2, 0.25) is 0 Å². The molecule has 0 spiro atoms. The molecular weight excluding hydrogens is 310 g/mol. The smallest absolute Gasteiger partial charge is 0.137 e. The molecule has 120 valence electrons. The molecule has 5 aromatic heterocycles. The van der Waals surface area contributed by atoms with Crippen molar-refractivity contribution in [3.8, 4) is 22.3 Å². The zero-order chi connectivity index (χ0) is 16.8. The van der Waals surface area contributed by atoms with Crippen LogP contribution in [0.5, 0.6) is 0 Å². The van der Waals surface area contributed by atoms with E-state index in [2.05, 4.69) is 44.3 Å². The lowest BCUT2D eigenvalue weighted by atomic mass is 10.0. The topological polar surface area (TPSA) is 58.9 Å². The van der Waals surface area contributed by atoms with Crippen LogP contribution in [0.3, 0.4) is 0 Å². The van der Waals surface area contributed by atoms with Crippen LogP contribution in [-0.4, -0.2) is 24.3 Å². The Morgan fingerprint density at radius 1 is 0.960 bits per heavy atom. The molecule has 0 unspecified atom stereocenters. The summed E-state index contributed by atoms with van der Waals surface area (Å²) >= 11 is 0. The predicted octanol–water partition coefficient (Wildman–Crippen LogP) is 4.25. The number of rotatable bonds is 2. The van der Waals surface area contributed by atoms with Gasteiger partial charge in [0.1, 0.15) is 11.3 Å². The summed E-state index contributed by atoms with van der Waals surface area (Å²) in [6.07, 6.45) is 11.6. The molecule has 1 N–H and O–H groups in total. The molecule has 5 nitrogen and oxygen atoms in total. The van der Waals surface area contributed by atoms with Gasteiger partial charge >= 0.3 is 0 Å². The van der Waals surface area contributed by atoms with Gasteiger partial charge < -0.3 is 9.38 Å². The van der Waals surface area contributed by atoms with Crippen LogP contribution >= 0.6 is 0 Å². The first-order valence-electron chi connectivity index (χ1n) is 8.12. The van der Waals surface area contributed by atoms with Crippen molar-refractivity contribution in [3.63, 3.8) is 0 Å². The van der Waals surface area contributed by atoms with Crippen LogP contribution in [0, 0.1) is 6.92 Å². The lowest BCUT2D eigenvalue weighted by molar-refractivity contribution is 1.19. The molecule has 0 radical (unpaired) electrons. The molecule has 0 fully saturated rings. The number of hydrogen-bond acceptors (Lipinski definition) is 3. The van der Waals surface area contributed by atoms with Crippen molar-refractivity contribution in [2.45, 2.75) is 6.92 Å². The van der Waals surface area contributed by atoms with Gasteiger partial charge in [-0.1, -0.05) is 6.07 Å². The van der Waals surface area contributed by atoms with Crippen molar-refractivity contribution in [1.29, 1.82) is 0 Å². The molecule has 0 aliphatic heterocycles. The average molecular weight is 325 g/mol. The minimum atomic E-state index is 0.881. The van der Waals surface area contributed by atoms with Gasteiger partial charge in [-0.25, -0.2) is 9.97 Å². The number of pyridine rings is 3. The van der Waals surface area contributed by atoms with Crippen LogP contribution in [-0.2, 0) is 0 Å². The summed E-state index contributed by atoms with van der Waals surface area (Å²) in [4.78, 5) is 16.6. The van der Waals surface area contributed by atoms with E-state index >= 15 is 0 Å². The van der Waals surface area contributed by atoms with E-state index in [4.69, 9.17) is 0 Å². The molecule has 0 aromatic carbocycles. The number of hydrogen-bond donors (Lipinski definition) is 1. The van der Waals surface area contributed by atoms with Crippen molar-refractivity contribution < 1.29 is 0 Å². The number of nitrogens with zero attached hydrogens (tertiary/aromatic N) is 4. The molecule has 25 heavy (non-hydrogen) atoms. The number of aromatic amines is 1. The van der Waals surface area contributed by atoms with Gasteiger partial charge in [0.05, 0.1) is 0 Å².